The van der Waals surface area contributed by atoms with Gasteiger partial charge >= 0.3 is 0 Å². The van der Waals surface area contributed by atoms with Crippen LogP contribution in [0.4, 0.5) is 0 Å². The Bertz CT molecular complexity index is 1170. The van der Waals surface area contributed by atoms with Crippen molar-refractivity contribution < 1.29 is 24.2 Å². The second-order valence-electron chi connectivity index (χ2n) is 7.16. The molecule has 7 nitrogen and oxygen atoms in total. The SMILES string of the molecule is O=C1C(=O)N(Cc2cccnc2)C(c2cccs2)/C1=C(/O)c1ccc2c(c1)OCCO2. The lowest BCUT2D eigenvalue weighted by Crippen LogP contribution is -2.28. The van der Waals surface area contributed by atoms with Crippen LogP contribution in [0.3, 0.4) is 0 Å². The Morgan fingerprint density at radius 3 is 2.71 bits per heavy atom. The van der Waals surface area contributed by atoms with E-state index in [2.05, 4.69) is 4.98 Å². The van der Waals surface area contributed by atoms with E-state index in [0.29, 0.717) is 30.3 Å². The molecule has 1 aromatic carbocycles. The van der Waals surface area contributed by atoms with Crippen LogP contribution < -0.4 is 9.47 Å². The lowest BCUT2D eigenvalue weighted by molar-refractivity contribution is -0.140. The van der Waals surface area contributed by atoms with Crippen LogP contribution in [0.15, 0.2) is 65.8 Å². The van der Waals surface area contributed by atoms with Gasteiger partial charge in [0.1, 0.15) is 19.0 Å². The van der Waals surface area contributed by atoms with Crippen LogP contribution in [0.1, 0.15) is 22.0 Å². The number of ether oxygens (including phenoxy) is 2. The number of aromatic nitrogens is 1. The number of pyridine rings is 1. The number of fused-ring (bicyclic) bond motifs is 1. The van der Waals surface area contributed by atoms with E-state index in [9.17, 15) is 14.7 Å². The number of aliphatic hydroxyl groups is 1. The molecule has 8 heteroatoms. The van der Waals surface area contributed by atoms with Crippen LogP contribution in [0.5, 0.6) is 11.5 Å². The van der Waals surface area contributed by atoms with Gasteiger partial charge in [-0.2, -0.15) is 0 Å². The molecule has 2 aliphatic heterocycles. The van der Waals surface area contributed by atoms with E-state index in [4.69, 9.17) is 9.47 Å². The van der Waals surface area contributed by atoms with E-state index in [1.54, 1.807) is 36.7 Å². The first kappa shape index (κ1) is 19.3. The third-order valence-electron chi connectivity index (χ3n) is 5.24. The number of rotatable bonds is 4. The first-order valence-electron chi connectivity index (χ1n) is 9.74. The summed E-state index contributed by atoms with van der Waals surface area (Å²) in [5.74, 6) is -0.527. The predicted molar refractivity (Wildman–Crippen MR) is 114 cm³/mol. The number of carbonyl (C=O) groups excluding carboxylic acids is 2. The van der Waals surface area contributed by atoms with E-state index < -0.39 is 17.7 Å². The maximum atomic E-state index is 13.0. The minimum Gasteiger partial charge on any atom is -0.507 e. The molecule has 0 aliphatic carbocycles. The monoisotopic (exact) mass is 434 g/mol. The maximum Gasteiger partial charge on any atom is 0.295 e. The second-order valence-corrected chi connectivity index (χ2v) is 8.14. The summed E-state index contributed by atoms with van der Waals surface area (Å²) in [6.07, 6.45) is 3.31. The van der Waals surface area contributed by atoms with Crippen molar-refractivity contribution in [3.63, 3.8) is 0 Å². The van der Waals surface area contributed by atoms with Crippen molar-refractivity contribution in [3.8, 4) is 11.5 Å². The summed E-state index contributed by atoms with van der Waals surface area (Å²) in [5, 5.41) is 13.0. The van der Waals surface area contributed by atoms with Crippen LogP contribution in [-0.4, -0.2) is 39.9 Å². The molecule has 1 atom stereocenters. The summed E-state index contributed by atoms with van der Waals surface area (Å²) in [6.45, 7) is 1.07. The largest absolute Gasteiger partial charge is 0.507 e. The number of hydrogen-bond donors (Lipinski definition) is 1. The molecule has 31 heavy (non-hydrogen) atoms. The van der Waals surface area contributed by atoms with Crippen molar-refractivity contribution in [2.75, 3.05) is 13.2 Å². The van der Waals surface area contributed by atoms with Crippen molar-refractivity contribution in [1.82, 2.24) is 9.88 Å². The number of amides is 1. The van der Waals surface area contributed by atoms with Gasteiger partial charge in [0.15, 0.2) is 11.5 Å². The van der Waals surface area contributed by atoms with Gasteiger partial charge in [0, 0.05) is 29.4 Å². The van der Waals surface area contributed by atoms with Crippen molar-refractivity contribution in [3.05, 3.63) is 81.8 Å². The van der Waals surface area contributed by atoms with Gasteiger partial charge in [-0.25, -0.2) is 0 Å². The van der Waals surface area contributed by atoms with Gasteiger partial charge in [-0.3, -0.25) is 14.6 Å². The fourth-order valence-electron chi connectivity index (χ4n) is 3.82. The first-order valence-corrected chi connectivity index (χ1v) is 10.6. The molecule has 1 amide bonds. The van der Waals surface area contributed by atoms with Crippen LogP contribution in [0, 0.1) is 0 Å². The van der Waals surface area contributed by atoms with Gasteiger partial charge in [-0.05, 0) is 41.3 Å². The number of hydrogen-bond acceptors (Lipinski definition) is 7. The molecule has 2 aliphatic rings. The Hall–Kier alpha value is -3.65. The minimum atomic E-state index is -0.713. The lowest BCUT2D eigenvalue weighted by Gasteiger charge is -2.24. The highest BCUT2D eigenvalue weighted by molar-refractivity contribution is 7.10. The normalized spacial score (nSPS) is 19.6. The smallest absolute Gasteiger partial charge is 0.295 e. The first-order chi connectivity index (χ1) is 15.1. The highest BCUT2D eigenvalue weighted by Crippen LogP contribution is 2.43. The number of benzene rings is 1. The number of Topliss-reactive ketones (excluding diaryl/α,β-unsaturated/α-hetero) is 1. The van der Waals surface area contributed by atoms with Crippen LogP contribution in [0.2, 0.25) is 0 Å². The zero-order valence-corrected chi connectivity index (χ0v) is 17.2. The molecule has 1 unspecified atom stereocenters. The molecule has 1 fully saturated rings. The second kappa shape index (κ2) is 7.88. The summed E-state index contributed by atoms with van der Waals surface area (Å²) in [5.41, 5.74) is 1.25. The zero-order valence-electron chi connectivity index (χ0n) is 16.4. The summed E-state index contributed by atoms with van der Waals surface area (Å²) >= 11 is 1.43. The molecule has 0 radical (unpaired) electrons. The average molecular weight is 434 g/mol. The molecule has 0 bridgehead atoms. The lowest BCUT2D eigenvalue weighted by atomic mass is 9.99. The molecule has 156 valence electrons. The Balaban J connectivity index is 1.60. The van der Waals surface area contributed by atoms with E-state index in [1.165, 1.54) is 16.2 Å². The number of ketones is 1. The van der Waals surface area contributed by atoms with Crippen LogP contribution in [-0.2, 0) is 16.1 Å². The third kappa shape index (κ3) is 3.44. The number of carbonyl (C=O) groups is 2. The van der Waals surface area contributed by atoms with E-state index >= 15 is 0 Å². The highest BCUT2D eigenvalue weighted by atomic mass is 32.1. The Morgan fingerprint density at radius 1 is 1.13 bits per heavy atom. The molecule has 4 heterocycles. The van der Waals surface area contributed by atoms with Crippen LogP contribution in [0.25, 0.3) is 5.76 Å². The number of likely N-dealkylation sites (tertiary alicyclic amines) is 1. The van der Waals surface area contributed by atoms with Crippen molar-refractivity contribution in [2.45, 2.75) is 12.6 Å². The fourth-order valence-corrected chi connectivity index (χ4v) is 4.67. The Morgan fingerprint density at radius 2 is 1.97 bits per heavy atom. The molecular formula is C23H18N2O5S. The van der Waals surface area contributed by atoms with Gasteiger partial charge in [0.05, 0.1) is 11.6 Å². The van der Waals surface area contributed by atoms with Crippen LogP contribution >= 0.6 is 11.3 Å². The van der Waals surface area contributed by atoms with Gasteiger partial charge in [-0.15, -0.1) is 11.3 Å². The summed E-state index contributed by atoms with van der Waals surface area (Å²) in [4.78, 5) is 32.4. The number of thiophene rings is 1. The Kier molecular flexibility index (Phi) is 4.91. The van der Waals surface area contributed by atoms with E-state index in [1.807, 2.05) is 23.6 Å². The third-order valence-corrected chi connectivity index (χ3v) is 6.17. The molecule has 3 aromatic rings. The molecule has 2 aromatic heterocycles. The Labute approximate surface area is 182 Å². The number of aliphatic hydroxyl groups excluding tert-OH is 1. The molecule has 1 N–H and O–H groups in total. The van der Waals surface area contributed by atoms with Crippen molar-refractivity contribution in [1.29, 1.82) is 0 Å². The standard InChI is InChI=1S/C23H18N2O5S/c26-21(15-5-6-16-17(11-15)30-9-8-29-16)19-20(18-4-2-10-31-18)25(23(28)22(19)27)13-14-3-1-7-24-12-14/h1-7,10-12,20,26H,8-9,13H2/b21-19-. The quantitative estimate of drug-likeness (QED) is 0.384. The zero-order chi connectivity index (χ0) is 21.4. The molecule has 0 saturated carbocycles. The summed E-state index contributed by atoms with van der Waals surface area (Å²) < 4.78 is 11.1. The molecule has 1 saturated heterocycles. The van der Waals surface area contributed by atoms with Gasteiger partial charge < -0.3 is 19.5 Å². The molecule has 0 spiro atoms. The number of nitrogens with zero attached hydrogens (tertiary/aromatic N) is 2. The summed E-state index contributed by atoms with van der Waals surface area (Å²) in [7, 11) is 0. The van der Waals surface area contributed by atoms with Gasteiger partial charge in [-0.1, -0.05) is 12.1 Å². The van der Waals surface area contributed by atoms with Crippen molar-refractivity contribution >= 4 is 28.8 Å². The van der Waals surface area contributed by atoms with Gasteiger partial charge in [0.25, 0.3) is 11.7 Å². The topological polar surface area (TPSA) is 89.0 Å². The van der Waals surface area contributed by atoms with Crippen molar-refractivity contribution in [2.24, 2.45) is 0 Å². The molecular weight excluding hydrogens is 416 g/mol. The minimum absolute atomic E-state index is 0.0630. The molecule has 5 rings (SSSR count). The predicted octanol–water partition coefficient (Wildman–Crippen LogP) is 3.54. The maximum absolute atomic E-state index is 13.0. The van der Waals surface area contributed by atoms with Gasteiger partial charge in [0.2, 0.25) is 0 Å². The van der Waals surface area contributed by atoms with E-state index in [-0.39, 0.29) is 17.9 Å². The average Bonchev–Trinajstić information content (AvgIpc) is 3.42. The fraction of sp³-hybridized carbons (Fsp3) is 0.174. The summed E-state index contributed by atoms with van der Waals surface area (Å²) in [6, 6.07) is 11.6. The highest BCUT2D eigenvalue weighted by Gasteiger charge is 2.46. The van der Waals surface area contributed by atoms with E-state index in [0.717, 1.165) is 10.4 Å².